The van der Waals surface area contributed by atoms with Crippen molar-refractivity contribution in [2.45, 2.75) is 13.8 Å². The molecule has 13 heavy (non-hydrogen) atoms. The number of nitrogens with two attached hydrogens (primary N) is 1. The fourth-order valence-corrected chi connectivity index (χ4v) is 1.19. The Morgan fingerprint density at radius 1 is 1.38 bits per heavy atom. The molecule has 1 aromatic carbocycles. The van der Waals surface area contributed by atoms with E-state index in [9.17, 15) is 4.79 Å². The van der Waals surface area contributed by atoms with E-state index >= 15 is 0 Å². The molecular formula is C11H13NO. The lowest BCUT2D eigenvalue weighted by Gasteiger charge is -2.02. The third-order valence-electron chi connectivity index (χ3n) is 1.75. The smallest absolute Gasteiger partial charge is 0.188 e. The van der Waals surface area contributed by atoms with Crippen molar-refractivity contribution in [3.8, 4) is 0 Å². The van der Waals surface area contributed by atoms with Crippen LogP contribution >= 0.6 is 0 Å². The zero-order valence-corrected chi connectivity index (χ0v) is 7.92. The molecule has 0 atom stereocenters. The summed E-state index contributed by atoms with van der Waals surface area (Å²) < 4.78 is 0. The number of aryl methyl sites for hydroxylation is 1. The highest BCUT2D eigenvalue weighted by Gasteiger charge is 2.06. The number of allylic oxidation sites excluding steroid dienone is 1. The van der Waals surface area contributed by atoms with Crippen LogP contribution in [0.3, 0.4) is 0 Å². The summed E-state index contributed by atoms with van der Waals surface area (Å²) in [4.78, 5) is 11.5. The first-order valence-corrected chi connectivity index (χ1v) is 4.08. The lowest BCUT2D eigenvalue weighted by molar-refractivity contribution is 0.103. The van der Waals surface area contributed by atoms with Crippen molar-refractivity contribution in [2.75, 3.05) is 5.73 Å². The first-order chi connectivity index (χ1) is 6.00. The Balaban J connectivity index is 3.15. The largest absolute Gasteiger partial charge is 0.399 e. The highest BCUT2D eigenvalue weighted by atomic mass is 16.1. The van der Waals surface area contributed by atoms with E-state index < -0.39 is 0 Å². The molecule has 0 spiro atoms. The van der Waals surface area contributed by atoms with E-state index in [0.29, 0.717) is 16.8 Å². The zero-order chi connectivity index (χ0) is 10.0. The zero-order valence-electron chi connectivity index (χ0n) is 7.92. The topological polar surface area (TPSA) is 43.1 Å². The Kier molecular flexibility index (Phi) is 2.52. The molecule has 0 aliphatic carbocycles. The minimum atomic E-state index is -0.0459. The number of nitrogen functional groups attached to an aromatic ring is 1. The fraction of sp³-hybridized carbons (Fsp3) is 0.182. The molecule has 1 aromatic rings. The van der Waals surface area contributed by atoms with Crippen LogP contribution in [0.25, 0.3) is 0 Å². The van der Waals surface area contributed by atoms with Crippen LogP contribution in [0.2, 0.25) is 0 Å². The van der Waals surface area contributed by atoms with Crippen molar-refractivity contribution in [2.24, 2.45) is 0 Å². The molecule has 1 rings (SSSR count). The Labute approximate surface area is 78.1 Å². The van der Waals surface area contributed by atoms with E-state index in [1.807, 2.05) is 19.1 Å². The van der Waals surface area contributed by atoms with Gasteiger partial charge in [-0.3, -0.25) is 4.79 Å². The Bertz CT molecular complexity index is 346. The van der Waals surface area contributed by atoms with Crippen LogP contribution in [-0.4, -0.2) is 5.78 Å². The highest BCUT2D eigenvalue weighted by Crippen LogP contribution is 2.14. The number of hydrogen-bond donors (Lipinski definition) is 1. The fourth-order valence-electron chi connectivity index (χ4n) is 1.19. The average Bonchev–Trinajstić information content (AvgIpc) is 2.01. The summed E-state index contributed by atoms with van der Waals surface area (Å²) in [6.45, 7) is 7.20. The lowest BCUT2D eigenvalue weighted by atomic mass is 10.0. The summed E-state index contributed by atoms with van der Waals surface area (Å²) >= 11 is 0. The van der Waals surface area contributed by atoms with Crippen LogP contribution in [0.1, 0.15) is 22.8 Å². The van der Waals surface area contributed by atoms with Gasteiger partial charge in [-0.15, -0.1) is 0 Å². The number of ketones is 1. The molecule has 68 valence electrons. The number of Topliss-reactive ketones (excluding diaryl/α,β-unsaturated/α-hetero) is 1. The van der Waals surface area contributed by atoms with E-state index in [2.05, 4.69) is 6.58 Å². The Morgan fingerprint density at radius 2 is 2.00 bits per heavy atom. The van der Waals surface area contributed by atoms with Gasteiger partial charge in [0.05, 0.1) is 0 Å². The summed E-state index contributed by atoms with van der Waals surface area (Å²) in [6, 6.07) is 5.31. The number of benzene rings is 1. The van der Waals surface area contributed by atoms with E-state index in [1.165, 1.54) is 0 Å². The van der Waals surface area contributed by atoms with Gasteiger partial charge in [-0.2, -0.15) is 0 Å². The molecule has 0 fully saturated rings. The molecule has 0 aromatic heterocycles. The van der Waals surface area contributed by atoms with Gasteiger partial charge in [0, 0.05) is 11.3 Å². The first kappa shape index (κ1) is 9.52. The minimum absolute atomic E-state index is 0.0459. The summed E-state index contributed by atoms with van der Waals surface area (Å²) in [5, 5.41) is 0. The Hall–Kier alpha value is -1.57. The quantitative estimate of drug-likeness (QED) is 0.426. The van der Waals surface area contributed by atoms with Gasteiger partial charge in [0.15, 0.2) is 5.78 Å². The number of anilines is 1. The van der Waals surface area contributed by atoms with Crippen LogP contribution in [0.4, 0.5) is 5.69 Å². The van der Waals surface area contributed by atoms with Gasteiger partial charge >= 0.3 is 0 Å². The molecular weight excluding hydrogens is 162 g/mol. The normalized spacial score (nSPS) is 9.69. The van der Waals surface area contributed by atoms with Gasteiger partial charge in [-0.05, 0) is 43.2 Å². The SMILES string of the molecule is C=C(C)C(=O)c1cc(C)cc(N)c1. The van der Waals surface area contributed by atoms with Gasteiger partial charge in [0.25, 0.3) is 0 Å². The number of rotatable bonds is 2. The summed E-state index contributed by atoms with van der Waals surface area (Å²) in [5.41, 5.74) is 8.37. The third-order valence-corrected chi connectivity index (χ3v) is 1.75. The minimum Gasteiger partial charge on any atom is -0.399 e. The summed E-state index contributed by atoms with van der Waals surface area (Å²) in [7, 11) is 0. The van der Waals surface area contributed by atoms with E-state index in [1.54, 1.807) is 13.0 Å². The summed E-state index contributed by atoms with van der Waals surface area (Å²) in [6.07, 6.45) is 0. The molecule has 0 aliphatic heterocycles. The van der Waals surface area contributed by atoms with Crippen molar-refractivity contribution in [3.63, 3.8) is 0 Å². The van der Waals surface area contributed by atoms with Crippen molar-refractivity contribution < 1.29 is 4.79 Å². The molecule has 2 heteroatoms. The standard InChI is InChI=1S/C11H13NO/c1-7(2)11(13)9-4-8(3)5-10(12)6-9/h4-6H,1,12H2,2-3H3. The van der Waals surface area contributed by atoms with Crippen molar-refractivity contribution in [1.82, 2.24) is 0 Å². The van der Waals surface area contributed by atoms with Gasteiger partial charge < -0.3 is 5.73 Å². The summed E-state index contributed by atoms with van der Waals surface area (Å²) in [5.74, 6) is -0.0459. The van der Waals surface area contributed by atoms with Gasteiger partial charge in [0.2, 0.25) is 0 Å². The number of carbonyl (C=O) groups is 1. The van der Waals surface area contributed by atoms with Gasteiger partial charge in [-0.1, -0.05) is 6.58 Å². The van der Waals surface area contributed by atoms with E-state index in [4.69, 9.17) is 5.73 Å². The third kappa shape index (κ3) is 2.18. The molecule has 0 heterocycles. The van der Waals surface area contributed by atoms with Gasteiger partial charge in [-0.25, -0.2) is 0 Å². The van der Waals surface area contributed by atoms with Crippen molar-refractivity contribution >= 4 is 11.5 Å². The van der Waals surface area contributed by atoms with Crippen LogP contribution < -0.4 is 5.73 Å². The molecule has 0 amide bonds. The second-order valence-corrected chi connectivity index (χ2v) is 3.24. The maximum absolute atomic E-state index is 11.5. The Morgan fingerprint density at radius 3 is 2.46 bits per heavy atom. The molecule has 2 nitrogen and oxygen atoms in total. The number of hydrogen-bond acceptors (Lipinski definition) is 2. The van der Waals surface area contributed by atoms with Crippen LogP contribution in [0, 0.1) is 6.92 Å². The molecule has 0 saturated heterocycles. The van der Waals surface area contributed by atoms with Crippen LogP contribution in [0.15, 0.2) is 30.4 Å². The van der Waals surface area contributed by atoms with E-state index in [0.717, 1.165) is 5.56 Å². The van der Waals surface area contributed by atoms with Gasteiger partial charge in [0.1, 0.15) is 0 Å². The number of carbonyl (C=O) groups excluding carboxylic acids is 1. The molecule has 0 saturated carbocycles. The first-order valence-electron chi connectivity index (χ1n) is 4.08. The van der Waals surface area contributed by atoms with Crippen LogP contribution in [0.5, 0.6) is 0 Å². The maximum atomic E-state index is 11.5. The molecule has 0 bridgehead atoms. The van der Waals surface area contributed by atoms with Crippen molar-refractivity contribution in [1.29, 1.82) is 0 Å². The van der Waals surface area contributed by atoms with Crippen molar-refractivity contribution in [3.05, 3.63) is 41.5 Å². The van der Waals surface area contributed by atoms with Crippen LogP contribution in [-0.2, 0) is 0 Å². The molecule has 0 radical (unpaired) electrons. The maximum Gasteiger partial charge on any atom is 0.188 e. The molecule has 0 unspecified atom stereocenters. The predicted molar refractivity (Wildman–Crippen MR) is 54.7 cm³/mol. The predicted octanol–water partition coefficient (Wildman–Crippen LogP) is 2.34. The molecule has 0 aliphatic rings. The van der Waals surface area contributed by atoms with E-state index in [-0.39, 0.29) is 5.78 Å². The second kappa shape index (κ2) is 3.44. The lowest BCUT2D eigenvalue weighted by Crippen LogP contribution is -2.01. The average molecular weight is 175 g/mol. The highest BCUT2D eigenvalue weighted by molar-refractivity contribution is 6.08. The molecule has 2 N–H and O–H groups in total. The second-order valence-electron chi connectivity index (χ2n) is 3.24. The monoisotopic (exact) mass is 175 g/mol.